The average molecular weight is 240 g/mol. The van der Waals surface area contributed by atoms with Crippen molar-refractivity contribution in [2.75, 3.05) is 6.61 Å². The van der Waals surface area contributed by atoms with Gasteiger partial charge in [-0.05, 0) is 6.08 Å². The molecule has 2 heteroatoms. The summed E-state index contributed by atoms with van der Waals surface area (Å²) in [6.07, 6.45) is 11.3. The Balaban J connectivity index is 2.05. The van der Waals surface area contributed by atoms with Crippen LogP contribution in [0.3, 0.4) is 0 Å². The molecule has 0 heterocycles. The van der Waals surface area contributed by atoms with Crippen molar-refractivity contribution in [1.82, 2.24) is 0 Å². The SMILES string of the molecule is O=C(C=CC1C=CC=CC1CO)c1ccccc1. The molecule has 0 fully saturated rings. The van der Waals surface area contributed by atoms with Crippen LogP contribution in [0.2, 0.25) is 0 Å². The molecular formula is C16H16O2. The van der Waals surface area contributed by atoms with E-state index in [0.717, 1.165) is 0 Å². The zero-order valence-corrected chi connectivity index (χ0v) is 10.1. The Morgan fingerprint density at radius 3 is 2.61 bits per heavy atom. The van der Waals surface area contributed by atoms with E-state index in [1.54, 1.807) is 18.2 Å². The number of benzene rings is 1. The maximum atomic E-state index is 11.9. The number of rotatable bonds is 4. The number of carbonyl (C=O) groups excluding carboxylic acids is 1. The first kappa shape index (κ1) is 12.5. The van der Waals surface area contributed by atoms with Gasteiger partial charge in [-0.25, -0.2) is 0 Å². The normalized spacial score (nSPS) is 22.5. The van der Waals surface area contributed by atoms with Gasteiger partial charge in [0.15, 0.2) is 5.78 Å². The predicted octanol–water partition coefficient (Wildman–Crippen LogP) is 2.78. The van der Waals surface area contributed by atoms with E-state index >= 15 is 0 Å². The minimum atomic E-state index is -0.00440. The molecule has 0 radical (unpaired) electrons. The predicted molar refractivity (Wildman–Crippen MR) is 72.3 cm³/mol. The number of carbonyl (C=O) groups is 1. The van der Waals surface area contributed by atoms with Gasteiger partial charge in [0, 0.05) is 17.4 Å². The van der Waals surface area contributed by atoms with Crippen molar-refractivity contribution in [1.29, 1.82) is 0 Å². The summed E-state index contributed by atoms with van der Waals surface area (Å²) in [6, 6.07) is 9.18. The molecule has 2 rings (SSSR count). The second kappa shape index (κ2) is 6.12. The number of hydrogen-bond acceptors (Lipinski definition) is 2. The molecule has 0 aromatic heterocycles. The summed E-state index contributed by atoms with van der Waals surface area (Å²) in [7, 11) is 0. The van der Waals surface area contributed by atoms with Crippen LogP contribution in [0, 0.1) is 11.8 Å². The third-order valence-electron chi connectivity index (χ3n) is 3.04. The van der Waals surface area contributed by atoms with Crippen LogP contribution < -0.4 is 0 Å². The van der Waals surface area contributed by atoms with Crippen molar-refractivity contribution < 1.29 is 9.90 Å². The maximum absolute atomic E-state index is 11.9. The zero-order chi connectivity index (χ0) is 12.8. The summed E-state index contributed by atoms with van der Waals surface area (Å²) in [5.74, 6) is 0.151. The Labute approximate surface area is 107 Å². The lowest BCUT2D eigenvalue weighted by Crippen LogP contribution is -2.14. The number of ketones is 1. The van der Waals surface area contributed by atoms with E-state index in [4.69, 9.17) is 0 Å². The fraction of sp³-hybridized carbons (Fsp3) is 0.188. The van der Waals surface area contributed by atoms with Crippen LogP contribution in [0.25, 0.3) is 0 Å². The molecule has 0 spiro atoms. The number of aliphatic hydroxyl groups is 1. The Hall–Kier alpha value is -1.93. The van der Waals surface area contributed by atoms with Gasteiger partial charge in [0.25, 0.3) is 0 Å². The second-order valence-corrected chi connectivity index (χ2v) is 4.28. The second-order valence-electron chi connectivity index (χ2n) is 4.28. The molecule has 0 amide bonds. The Kier molecular flexibility index (Phi) is 4.26. The molecule has 0 bridgehead atoms. The Morgan fingerprint density at radius 1 is 1.17 bits per heavy atom. The number of aliphatic hydroxyl groups excluding tert-OH is 1. The Bertz CT molecular complexity index is 483. The highest BCUT2D eigenvalue weighted by molar-refractivity contribution is 6.04. The lowest BCUT2D eigenvalue weighted by molar-refractivity contribution is 0.104. The van der Waals surface area contributed by atoms with Crippen LogP contribution in [0.5, 0.6) is 0 Å². The van der Waals surface area contributed by atoms with Gasteiger partial charge in [0.2, 0.25) is 0 Å². The summed E-state index contributed by atoms with van der Waals surface area (Å²) >= 11 is 0. The first-order valence-electron chi connectivity index (χ1n) is 6.04. The van der Waals surface area contributed by atoms with E-state index in [2.05, 4.69) is 0 Å². The summed E-state index contributed by atoms with van der Waals surface area (Å²) in [6.45, 7) is 0.0926. The maximum Gasteiger partial charge on any atom is 0.185 e. The van der Waals surface area contributed by atoms with Gasteiger partial charge in [0.05, 0.1) is 6.61 Å². The molecule has 92 valence electrons. The summed E-state index contributed by atoms with van der Waals surface area (Å²) < 4.78 is 0. The van der Waals surface area contributed by atoms with E-state index < -0.39 is 0 Å². The van der Waals surface area contributed by atoms with Gasteiger partial charge in [-0.2, -0.15) is 0 Å². The highest BCUT2D eigenvalue weighted by atomic mass is 16.3. The van der Waals surface area contributed by atoms with E-state index in [0.29, 0.717) is 5.56 Å². The van der Waals surface area contributed by atoms with Gasteiger partial charge >= 0.3 is 0 Å². The van der Waals surface area contributed by atoms with E-state index in [-0.39, 0.29) is 24.2 Å². The molecule has 0 saturated heterocycles. The molecule has 1 aromatic carbocycles. The Morgan fingerprint density at radius 2 is 1.89 bits per heavy atom. The third-order valence-corrected chi connectivity index (χ3v) is 3.04. The molecule has 18 heavy (non-hydrogen) atoms. The smallest absolute Gasteiger partial charge is 0.185 e. The fourth-order valence-corrected chi connectivity index (χ4v) is 1.96. The number of hydrogen-bond donors (Lipinski definition) is 1. The van der Waals surface area contributed by atoms with Crippen LogP contribution in [-0.2, 0) is 0 Å². The first-order valence-corrected chi connectivity index (χ1v) is 6.04. The van der Waals surface area contributed by atoms with Crippen LogP contribution >= 0.6 is 0 Å². The van der Waals surface area contributed by atoms with Crippen LogP contribution in [-0.4, -0.2) is 17.5 Å². The summed E-state index contributed by atoms with van der Waals surface area (Å²) in [5, 5.41) is 9.24. The van der Waals surface area contributed by atoms with Gasteiger partial charge in [0.1, 0.15) is 0 Å². The zero-order valence-electron chi connectivity index (χ0n) is 10.1. The molecule has 2 unspecified atom stereocenters. The van der Waals surface area contributed by atoms with Gasteiger partial charge in [-0.15, -0.1) is 0 Å². The van der Waals surface area contributed by atoms with Crippen molar-refractivity contribution in [2.24, 2.45) is 11.8 Å². The minimum Gasteiger partial charge on any atom is -0.396 e. The fourth-order valence-electron chi connectivity index (χ4n) is 1.96. The highest BCUT2D eigenvalue weighted by Gasteiger charge is 2.15. The topological polar surface area (TPSA) is 37.3 Å². The molecule has 1 aliphatic carbocycles. The third kappa shape index (κ3) is 3.05. The van der Waals surface area contributed by atoms with Crippen LogP contribution in [0.15, 0.2) is 66.8 Å². The molecule has 1 N–H and O–H groups in total. The molecule has 0 saturated carbocycles. The van der Waals surface area contributed by atoms with Gasteiger partial charge in [-0.1, -0.05) is 60.7 Å². The van der Waals surface area contributed by atoms with E-state index in [1.165, 1.54) is 0 Å². The van der Waals surface area contributed by atoms with Crippen LogP contribution in [0.4, 0.5) is 0 Å². The average Bonchev–Trinajstić information content (AvgIpc) is 2.46. The van der Waals surface area contributed by atoms with E-state index in [1.807, 2.05) is 48.6 Å². The number of allylic oxidation sites excluding steroid dienone is 5. The van der Waals surface area contributed by atoms with E-state index in [9.17, 15) is 9.90 Å². The molecule has 2 nitrogen and oxygen atoms in total. The molecule has 0 aliphatic heterocycles. The van der Waals surface area contributed by atoms with Crippen molar-refractivity contribution in [3.05, 3.63) is 72.4 Å². The standard InChI is InChI=1S/C16H16O2/c17-12-15-9-5-4-6-13(15)10-11-16(18)14-7-2-1-3-8-14/h1-11,13,15,17H,12H2. The minimum absolute atomic E-state index is 0.00440. The summed E-state index contributed by atoms with van der Waals surface area (Å²) in [4.78, 5) is 11.9. The summed E-state index contributed by atoms with van der Waals surface area (Å²) in [5.41, 5.74) is 0.685. The van der Waals surface area contributed by atoms with Crippen molar-refractivity contribution in [2.45, 2.75) is 0 Å². The lowest BCUT2D eigenvalue weighted by Gasteiger charge is -2.18. The van der Waals surface area contributed by atoms with Crippen LogP contribution in [0.1, 0.15) is 10.4 Å². The highest BCUT2D eigenvalue weighted by Crippen LogP contribution is 2.20. The molecule has 1 aliphatic rings. The van der Waals surface area contributed by atoms with Crippen molar-refractivity contribution >= 4 is 5.78 Å². The lowest BCUT2D eigenvalue weighted by atomic mass is 9.88. The monoisotopic (exact) mass is 240 g/mol. The largest absolute Gasteiger partial charge is 0.396 e. The molecular weight excluding hydrogens is 224 g/mol. The van der Waals surface area contributed by atoms with Crippen molar-refractivity contribution in [3.63, 3.8) is 0 Å². The first-order chi connectivity index (χ1) is 8.81. The quantitative estimate of drug-likeness (QED) is 0.649. The van der Waals surface area contributed by atoms with Gasteiger partial charge in [-0.3, -0.25) is 4.79 Å². The molecule has 1 aromatic rings. The molecule has 2 atom stereocenters. The van der Waals surface area contributed by atoms with Gasteiger partial charge < -0.3 is 5.11 Å². The van der Waals surface area contributed by atoms with Crippen molar-refractivity contribution in [3.8, 4) is 0 Å².